The molecule has 7 heteroatoms. The van der Waals surface area contributed by atoms with E-state index in [0.717, 1.165) is 12.8 Å². The van der Waals surface area contributed by atoms with Gasteiger partial charge < -0.3 is 14.7 Å². The average Bonchev–Trinajstić information content (AvgIpc) is 3.17. The summed E-state index contributed by atoms with van der Waals surface area (Å²) in [5, 5.41) is 6.72. The Morgan fingerprint density at radius 1 is 1.38 bits per heavy atom. The monoisotopic (exact) mass is 292 g/mol. The molecular weight excluding hydrogens is 272 g/mol. The molecule has 1 aromatic heterocycles. The molecule has 2 heterocycles. The van der Waals surface area contributed by atoms with Crippen LogP contribution in [0.4, 0.5) is 0 Å². The van der Waals surface area contributed by atoms with Gasteiger partial charge in [0.25, 0.3) is 0 Å². The Balaban J connectivity index is 1.86. The molecule has 1 N–H and O–H groups in total. The van der Waals surface area contributed by atoms with Gasteiger partial charge in [-0.25, -0.2) is 0 Å². The molecule has 3 rings (SSSR count). The van der Waals surface area contributed by atoms with Crippen molar-refractivity contribution in [2.75, 3.05) is 0 Å². The number of nitrogens with zero attached hydrogens (tertiary/aromatic N) is 3. The van der Waals surface area contributed by atoms with Gasteiger partial charge in [0.05, 0.1) is 6.54 Å². The van der Waals surface area contributed by atoms with E-state index in [-0.39, 0.29) is 36.2 Å². The number of hydrogen-bond donors (Lipinski definition) is 1. The van der Waals surface area contributed by atoms with Gasteiger partial charge in [-0.15, -0.1) is 0 Å². The third-order valence-electron chi connectivity index (χ3n) is 4.06. The fraction of sp³-hybridized carbons (Fsp3) is 0.714. The molecule has 1 saturated heterocycles. The Morgan fingerprint density at radius 3 is 2.62 bits per heavy atom. The van der Waals surface area contributed by atoms with Crippen LogP contribution in [0.1, 0.15) is 38.4 Å². The molecule has 1 aromatic rings. The van der Waals surface area contributed by atoms with E-state index in [9.17, 15) is 9.59 Å². The van der Waals surface area contributed by atoms with Gasteiger partial charge in [-0.3, -0.25) is 9.59 Å². The highest BCUT2D eigenvalue weighted by molar-refractivity contribution is 5.97. The van der Waals surface area contributed by atoms with Gasteiger partial charge in [0.2, 0.25) is 17.7 Å². The lowest BCUT2D eigenvalue weighted by Gasteiger charge is -2.40. The normalized spacial score (nSPS) is 26.4. The van der Waals surface area contributed by atoms with Gasteiger partial charge in [0, 0.05) is 6.92 Å². The molecule has 1 aliphatic heterocycles. The molecule has 1 aliphatic carbocycles. The number of aryl methyl sites for hydroxylation is 1. The number of nitrogens with one attached hydrogen (secondary N) is 1. The summed E-state index contributed by atoms with van der Waals surface area (Å²) in [6.45, 7) is 5.79. The van der Waals surface area contributed by atoms with E-state index in [1.54, 1.807) is 11.8 Å². The van der Waals surface area contributed by atoms with Crippen molar-refractivity contribution in [1.82, 2.24) is 20.4 Å². The van der Waals surface area contributed by atoms with E-state index in [1.165, 1.54) is 0 Å². The molecule has 0 radical (unpaired) electrons. The first-order valence-corrected chi connectivity index (χ1v) is 7.37. The first-order valence-electron chi connectivity index (χ1n) is 7.37. The minimum atomic E-state index is -0.480. The van der Waals surface area contributed by atoms with Gasteiger partial charge >= 0.3 is 0 Å². The zero-order valence-corrected chi connectivity index (χ0v) is 12.5. The van der Waals surface area contributed by atoms with Crippen molar-refractivity contribution in [3.8, 4) is 0 Å². The molecule has 0 bridgehead atoms. The smallest absolute Gasteiger partial charge is 0.246 e. The summed E-state index contributed by atoms with van der Waals surface area (Å²) in [5.74, 6) is 1.10. The lowest BCUT2D eigenvalue weighted by atomic mass is 9.95. The average molecular weight is 292 g/mol. The van der Waals surface area contributed by atoms with E-state index in [0.29, 0.717) is 11.7 Å². The van der Waals surface area contributed by atoms with Crippen molar-refractivity contribution in [2.24, 2.45) is 11.8 Å². The van der Waals surface area contributed by atoms with E-state index in [4.69, 9.17) is 4.52 Å². The molecule has 21 heavy (non-hydrogen) atoms. The predicted molar refractivity (Wildman–Crippen MR) is 72.9 cm³/mol. The number of hydrogen-bond acceptors (Lipinski definition) is 5. The third kappa shape index (κ3) is 2.64. The topological polar surface area (TPSA) is 88.3 Å². The van der Waals surface area contributed by atoms with Crippen LogP contribution in [-0.2, 0) is 16.1 Å². The summed E-state index contributed by atoms with van der Waals surface area (Å²) in [5.41, 5.74) is 0. The van der Waals surface area contributed by atoms with Gasteiger partial charge in [-0.2, -0.15) is 4.98 Å². The summed E-state index contributed by atoms with van der Waals surface area (Å²) in [7, 11) is 0. The summed E-state index contributed by atoms with van der Waals surface area (Å²) in [6.07, 6.45) is 2.00. The summed E-state index contributed by atoms with van der Waals surface area (Å²) >= 11 is 0. The van der Waals surface area contributed by atoms with Crippen LogP contribution in [0, 0.1) is 18.8 Å². The molecule has 2 fully saturated rings. The fourth-order valence-electron chi connectivity index (χ4n) is 2.90. The van der Waals surface area contributed by atoms with Crippen LogP contribution < -0.4 is 5.32 Å². The summed E-state index contributed by atoms with van der Waals surface area (Å²) in [4.78, 5) is 30.8. The second-order valence-electron chi connectivity index (χ2n) is 6.21. The molecule has 0 spiro atoms. The summed E-state index contributed by atoms with van der Waals surface area (Å²) in [6, 6.07) is -0.869. The van der Waals surface area contributed by atoms with Crippen LogP contribution in [0.15, 0.2) is 4.52 Å². The van der Waals surface area contributed by atoms with E-state index in [1.807, 2.05) is 13.8 Å². The molecule has 2 aliphatic rings. The second kappa shape index (κ2) is 5.13. The molecule has 0 aromatic carbocycles. The Labute approximate surface area is 123 Å². The van der Waals surface area contributed by atoms with E-state index >= 15 is 0 Å². The predicted octanol–water partition coefficient (Wildman–Crippen LogP) is 0.640. The maximum Gasteiger partial charge on any atom is 0.246 e. The van der Waals surface area contributed by atoms with Crippen LogP contribution in [-0.4, -0.2) is 38.9 Å². The molecule has 114 valence electrons. The van der Waals surface area contributed by atoms with Gasteiger partial charge in [-0.1, -0.05) is 19.0 Å². The Hall–Kier alpha value is -1.92. The zero-order chi connectivity index (χ0) is 15.1. The number of aromatic nitrogens is 2. The highest BCUT2D eigenvalue weighted by atomic mass is 16.5. The largest absolute Gasteiger partial charge is 0.342 e. The molecule has 2 unspecified atom stereocenters. The zero-order valence-electron chi connectivity index (χ0n) is 12.5. The highest BCUT2D eigenvalue weighted by Gasteiger charge is 2.47. The molecular formula is C14H20N4O3. The Morgan fingerprint density at radius 2 is 2.10 bits per heavy atom. The van der Waals surface area contributed by atoms with Crippen LogP contribution in [0.3, 0.4) is 0 Å². The number of amides is 2. The van der Waals surface area contributed by atoms with Gasteiger partial charge in [0.1, 0.15) is 12.1 Å². The van der Waals surface area contributed by atoms with Crippen LogP contribution in [0.2, 0.25) is 0 Å². The van der Waals surface area contributed by atoms with Crippen molar-refractivity contribution < 1.29 is 14.1 Å². The van der Waals surface area contributed by atoms with Crippen molar-refractivity contribution in [3.05, 3.63) is 11.7 Å². The van der Waals surface area contributed by atoms with Crippen LogP contribution in [0.5, 0.6) is 0 Å². The van der Waals surface area contributed by atoms with Crippen molar-refractivity contribution >= 4 is 11.8 Å². The minimum absolute atomic E-state index is 0.0294. The number of rotatable bonds is 4. The van der Waals surface area contributed by atoms with E-state index < -0.39 is 6.04 Å². The van der Waals surface area contributed by atoms with E-state index in [2.05, 4.69) is 15.5 Å². The maximum absolute atomic E-state index is 12.7. The number of piperazine rings is 1. The first kappa shape index (κ1) is 14.0. The van der Waals surface area contributed by atoms with Crippen molar-refractivity contribution in [3.63, 3.8) is 0 Å². The number of carbonyl (C=O) groups excluding carboxylic acids is 2. The molecule has 2 atom stereocenters. The van der Waals surface area contributed by atoms with Gasteiger partial charge in [0.15, 0.2) is 5.82 Å². The summed E-state index contributed by atoms with van der Waals surface area (Å²) < 4.78 is 4.95. The lowest BCUT2D eigenvalue weighted by Crippen LogP contribution is -2.65. The standard InChI is InChI=1S/C14H20N4O3/c1-7(2)12-13(19)16-11(9-4-5-9)14(20)18(12)6-10-15-8(3)21-17-10/h7,9,11-12H,4-6H2,1-3H3,(H,16,19). The Kier molecular flexibility index (Phi) is 3.43. The molecule has 7 nitrogen and oxygen atoms in total. The first-order chi connectivity index (χ1) is 9.97. The number of carbonyl (C=O) groups is 2. The third-order valence-corrected chi connectivity index (χ3v) is 4.06. The SMILES string of the molecule is Cc1nc(CN2C(=O)C(C3CC3)NC(=O)C2C(C)C)no1. The van der Waals surface area contributed by atoms with Crippen molar-refractivity contribution in [1.29, 1.82) is 0 Å². The minimum Gasteiger partial charge on any atom is -0.342 e. The van der Waals surface area contributed by atoms with Crippen LogP contribution in [0.25, 0.3) is 0 Å². The van der Waals surface area contributed by atoms with Crippen LogP contribution >= 0.6 is 0 Å². The van der Waals surface area contributed by atoms with Crippen molar-refractivity contribution in [2.45, 2.75) is 52.2 Å². The molecule has 2 amide bonds. The quantitative estimate of drug-likeness (QED) is 0.879. The maximum atomic E-state index is 12.7. The highest BCUT2D eigenvalue weighted by Crippen LogP contribution is 2.36. The molecule has 1 saturated carbocycles. The Bertz CT molecular complexity index is 564. The second-order valence-corrected chi connectivity index (χ2v) is 6.21. The lowest BCUT2D eigenvalue weighted by molar-refractivity contribution is -0.152. The van der Waals surface area contributed by atoms with Gasteiger partial charge in [-0.05, 0) is 24.7 Å². The fourth-order valence-corrected chi connectivity index (χ4v) is 2.90.